The minimum absolute atomic E-state index is 0.0905. The van der Waals surface area contributed by atoms with Gasteiger partial charge in [-0.05, 0) is 42.5 Å². The zero-order valence-electron chi connectivity index (χ0n) is 17.2. The molecule has 3 aromatic rings. The van der Waals surface area contributed by atoms with Gasteiger partial charge in [-0.2, -0.15) is 5.10 Å². The first-order valence-electron chi connectivity index (χ1n) is 10.1. The van der Waals surface area contributed by atoms with Crippen LogP contribution in [0.1, 0.15) is 18.4 Å². The molecular formula is C22H24ClN3O4S. The van der Waals surface area contributed by atoms with E-state index in [1.165, 1.54) is 6.07 Å². The lowest BCUT2D eigenvalue weighted by Crippen LogP contribution is -2.21. The van der Waals surface area contributed by atoms with Gasteiger partial charge in [0.05, 0.1) is 23.0 Å². The number of anilines is 1. The third-order valence-corrected chi connectivity index (χ3v) is 6.99. The molecule has 0 aliphatic carbocycles. The van der Waals surface area contributed by atoms with Gasteiger partial charge in [0.25, 0.3) is 0 Å². The molecule has 4 rings (SSSR count). The van der Waals surface area contributed by atoms with Crippen LogP contribution in [0, 0.1) is 5.92 Å². The van der Waals surface area contributed by atoms with Gasteiger partial charge in [0, 0.05) is 42.1 Å². The smallest absolute Gasteiger partial charge is 0.228 e. The minimum atomic E-state index is -3.52. The van der Waals surface area contributed by atoms with E-state index >= 15 is 0 Å². The second-order valence-corrected chi connectivity index (χ2v) is 10.3. The molecule has 1 aliphatic heterocycles. The van der Waals surface area contributed by atoms with Crippen molar-refractivity contribution in [2.24, 2.45) is 5.92 Å². The van der Waals surface area contributed by atoms with E-state index in [0.29, 0.717) is 39.6 Å². The Bertz CT molecular complexity index is 1220. The number of fused-ring (bicyclic) bond motifs is 1. The molecule has 2 heterocycles. The highest BCUT2D eigenvalue weighted by atomic mass is 35.5. The van der Waals surface area contributed by atoms with Gasteiger partial charge in [0.15, 0.2) is 9.84 Å². The van der Waals surface area contributed by atoms with Crippen LogP contribution in [0.4, 0.5) is 5.69 Å². The molecule has 0 bridgehead atoms. The normalized spacial score (nSPS) is 15.3. The van der Waals surface area contributed by atoms with Gasteiger partial charge in [-0.25, -0.2) is 8.42 Å². The van der Waals surface area contributed by atoms with Crippen LogP contribution >= 0.6 is 11.6 Å². The van der Waals surface area contributed by atoms with E-state index in [0.717, 1.165) is 32.3 Å². The Labute approximate surface area is 186 Å². The largest absolute Gasteiger partial charge is 0.381 e. The summed E-state index contributed by atoms with van der Waals surface area (Å²) in [4.78, 5) is 12.8. The number of sulfone groups is 1. The molecule has 0 spiro atoms. The molecule has 1 fully saturated rings. The summed E-state index contributed by atoms with van der Waals surface area (Å²) < 4.78 is 32.1. The highest BCUT2D eigenvalue weighted by molar-refractivity contribution is 7.91. The molecule has 1 aliphatic rings. The average molecular weight is 462 g/mol. The number of hydrogen-bond donors (Lipinski definition) is 1. The van der Waals surface area contributed by atoms with Crippen molar-refractivity contribution in [3.05, 3.63) is 53.2 Å². The molecule has 164 valence electrons. The Morgan fingerprint density at radius 2 is 2.00 bits per heavy atom. The Morgan fingerprint density at radius 1 is 1.26 bits per heavy atom. The molecule has 1 saturated heterocycles. The summed E-state index contributed by atoms with van der Waals surface area (Å²) in [7, 11) is -3.52. The molecule has 1 N–H and O–H groups in total. The van der Waals surface area contributed by atoms with Crippen molar-refractivity contribution in [1.82, 2.24) is 9.78 Å². The van der Waals surface area contributed by atoms with Crippen molar-refractivity contribution >= 4 is 43.9 Å². The van der Waals surface area contributed by atoms with Gasteiger partial charge >= 0.3 is 0 Å². The zero-order chi connectivity index (χ0) is 22.0. The average Bonchev–Trinajstić information content (AvgIpc) is 3.12. The fourth-order valence-corrected chi connectivity index (χ4v) is 4.96. The molecule has 1 amide bonds. The van der Waals surface area contributed by atoms with Crippen molar-refractivity contribution in [2.45, 2.75) is 30.7 Å². The molecular weight excluding hydrogens is 438 g/mol. The first-order chi connectivity index (χ1) is 14.8. The molecule has 1 aromatic heterocycles. The predicted molar refractivity (Wildman–Crippen MR) is 120 cm³/mol. The van der Waals surface area contributed by atoms with E-state index in [2.05, 4.69) is 10.4 Å². The van der Waals surface area contributed by atoms with Gasteiger partial charge < -0.3 is 10.1 Å². The predicted octanol–water partition coefficient (Wildman–Crippen LogP) is 3.70. The second-order valence-electron chi connectivity index (χ2n) is 7.88. The molecule has 2 aromatic carbocycles. The number of carbonyl (C=O) groups is 1. The fourth-order valence-electron chi connectivity index (χ4n) is 3.86. The number of nitrogens with zero attached hydrogens (tertiary/aromatic N) is 2. The lowest BCUT2D eigenvalue weighted by atomic mass is 10.0. The number of amides is 1. The van der Waals surface area contributed by atoms with Gasteiger partial charge in [-0.3, -0.25) is 9.48 Å². The summed E-state index contributed by atoms with van der Waals surface area (Å²) in [5.41, 5.74) is 1.80. The summed E-state index contributed by atoms with van der Waals surface area (Å²) in [6, 6.07) is 10.4. The first-order valence-corrected chi connectivity index (χ1v) is 12.4. The van der Waals surface area contributed by atoms with Crippen LogP contribution in [0.2, 0.25) is 5.02 Å². The van der Waals surface area contributed by atoms with E-state index in [4.69, 9.17) is 16.3 Å². The molecule has 9 heteroatoms. The summed E-state index contributed by atoms with van der Waals surface area (Å²) >= 11 is 6.15. The standard InChI is InChI=1S/C22H24ClN3O4S/c1-31(28,29)21-12-17(25-22(27)10-16-4-2-3-5-19(16)23)11-20-18(21)13-24-26(20)14-15-6-8-30-9-7-15/h2-5,11-13,15H,6-10,14H2,1H3,(H,25,27). The zero-order valence-corrected chi connectivity index (χ0v) is 18.7. The van der Waals surface area contributed by atoms with Gasteiger partial charge in [-0.15, -0.1) is 0 Å². The number of carbonyl (C=O) groups excluding carboxylic acids is 1. The van der Waals surface area contributed by atoms with Gasteiger partial charge in [-0.1, -0.05) is 29.8 Å². The number of hydrogen-bond acceptors (Lipinski definition) is 5. The van der Waals surface area contributed by atoms with Crippen molar-refractivity contribution in [1.29, 1.82) is 0 Å². The van der Waals surface area contributed by atoms with E-state index in [1.807, 2.05) is 10.7 Å². The maximum Gasteiger partial charge on any atom is 0.228 e. The molecule has 31 heavy (non-hydrogen) atoms. The SMILES string of the molecule is CS(=O)(=O)c1cc(NC(=O)Cc2ccccc2Cl)cc2c1cnn2CC1CCOCC1. The second kappa shape index (κ2) is 8.98. The summed E-state index contributed by atoms with van der Waals surface area (Å²) in [6.45, 7) is 2.12. The Morgan fingerprint density at radius 3 is 2.71 bits per heavy atom. The Balaban J connectivity index is 1.65. The van der Waals surface area contributed by atoms with Crippen LogP contribution in [0.3, 0.4) is 0 Å². The first kappa shape index (κ1) is 21.8. The van der Waals surface area contributed by atoms with Crippen LogP contribution < -0.4 is 5.32 Å². The maximum absolute atomic E-state index is 12.6. The van der Waals surface area contributed by atoms with Crippen LogP contribution in [-0.2, 0) is 32.3 Å². The van der Waals surface area contributed by atoms with Crippen molar-refractivity contribution in [2.75, 3.05) is 24.8 Å². The minimum Gasteiger partial charge on any atom is -0.381 e. The summed E-state index contributed by atoms with van der Waals surface area (Å²) in [6.07, 6.45) is 4.71. The van der Waals surface area contributed by atoms with Crippen molar-refractivity contribution in [3.8, 4) is 0 Å². The third kappa shape index (κ3) is 5.08. The molecule has 0 saturated carbocycles. The number of rotatable bonds is 6. The number of benzene rings is 2. The van der Waals surface area contributed by atoms with E-state index in [1.54, 1.807) is 30.5 Å². The molecule has 7 nitrogen and oxygen atoms in total. The van der Waals surface area contributed by atoms with Crippen molar-refractivity contribution in [3.63, 3.8) is 0 Å². The lowest BCUT2D eigenvalue weighted by Gasteiger charge is -2.22. The monoisotopic (exact) mass is 461 g/mol. The highest BCUT2D eigenvalue weighted by Crippen LogP contribution is 2.29. The van der Waals surface area contributed by atoms with Crippen LogP contribution in [0.25, 0.3) is 10.9 Å². The Hall–Kier alpha value is -2.42. The number of ether oxygens (including phenoxy) is 1. The highest BCUT2D eigenvalue weighted by Gasteiger charge is 2.21. The van der Waals surface area contributed by atoms with E-state index in [9.17, 15) is 13.2 Å². The number of aromatic nitrogens is 2. The Kier molecular flexibility index (Phi) is 6.31. The molecule has 0 atom stereocenters. The number of halogens is 1. The van der Waals surface area contributed by atoms with E-state index in [-0.39, 0.29) is 17.2 Å². The van der Waals surface area contributed by atoms with Crippen LogP contribution in [0.15, 0.2) is 47.5 Å². The number of nitrogens with one attached hydrogen (secondary N) is 1. The van der Waals surface area contributed by atoms with Crippen molar-refractivity contribution < 1.29 is 17.9 Å². The fraction of sp³-hybridized carbons (Fsp3) is 0.364. The van der Waals surface area contributed by atoms with Gasteiger partial charge in [0.1, 0.15) is 0 Å². The quantitative estimate of drug-likeness (QED) is 0.604. The lowest BCUT2D eigenvalue weighted by molar-refractivity contribution is -0.115. The summed E-state index contributed by atoms with van der Waals surface area (Å²) in [5.74, 6) is 0.138. The molecule has 0 radical (unpaired) electrons. The molecule has 0 unspecified atom stereocenters. The summed E-state index contributed by atoms with van der Waals surface area (Å²) in [5, 5.41) is 8.33. The van der Waals surface area contributed by atoms with Crippen LogP contribution in [-0.4, -0.2) is 43.6 Å². The van der Waals surface area contributed by atoms with E-state index < -0.39 is 9.84 Å². The maximum atomic E-state index is 12.6. The van der Waals surface area contributed by atoms with Gasteiger partial charge in [0.2, 0.25) is 5.91 Å². The topological polar surface area (TPSA) is 90.3 Å². The van der Waals surface area contributed by atoms with Crippen LogP contribution in [0.5, 0.6) is 0 Å². The third-order valence-electron chi connectivity index (χ3n) is 5.49.